The van der Waals surface area contributed by atoms with Gasteiger partial charge in [0.1, 0.15) is 17.1 Å². The molecule has 5 nitrogen and oxygen atoms in total. The van der Waals surface area contributed by atoms with E-state index in [2.05, 4.69) is 10.6 Å². The Labute approximate surface area is 139 Å². The number of hydrogen-bond donors (Lipinski definition) is 3. The van der Waals surface area contributed by atoms with Crippen LogP contribution in [0.25, 0.3) is 0 Å². The smallest absolute Gasteiger partial charge is 0.319 e. The lowest BCUT2D eigenvalue weighted by Gasteiger charge is -2.19. The summed E-state index contributed by atoms with van der Waals surface area (Å²) < 4.78 is 52.1. The molecule has 1 amide bonds. The molecule has 0 bridgehead atoms. The van der Waals surface area contributed by atoms with Crippen LogP contribution in [0.5, 0.6) is 0 Å². The van der Waals surface area contributed by atoms with Crippen molar-refractivity contribution < 1.29 is 22.4 Å². The topological polar surface area (TPSA) is 74.0 Å². The lowest BCUT2D eigenvalue weighted by molar-refractivity contribution is -0.141. The highest BCUT2D eigenvalue weighted by Crippen LogP contribution is 2.27. The lowest BCUT2D eigenvalue weighted by Crippen LogP contribution is -2.27. The van der Waals surface area contributed by atoms with Gasteiger partial charge in [-0.15, -0.1) is 0 Å². The summed E-state index contributed by atoms with van der Waals surface area (Å²) in [5.74, 6) is -1.58. The highest BCUT2D eigenvalue weighted by molar-refractivity contribution is 6.04. The van der Waals surface area contributed by atoms with Gasteiger partial charge in [0.15, 0.2) is 0 Å². The van der Waals surface area contributed by atoms with E-state index in [0.717, 1.165) is 11.6 Å². The van der Waals surface area contributed by atoms with E-state index in [9.17, 15) is 27.2 Å². The van der Waals surface area contributed by atoms with Crippen LogP contribution in [0.1, 0.15) is 27.2 Å². The molecule has 1 aromatic heterocycles. The number of pyridine rings is 1. The van der Waals surface area contributed by atoms with Crippen molar-refractivity contribution in [3.63, 3.8) is 0 Å². The molecule has 0 saturated carbocycles. The van der Waals surface area contributed by atoms with E-state index in [0.29, 0.717) is 31.1 Å². The number of rotatable bonds is 2. The number of fused-ring (bicyclic) bond motifs is 1. The Balaban J connectivity index is 1.87. The largest absolute Gasteiger partial charge is 0.431 e. The van der Waals surface area contributed by atoms with Gasteiger partial charge in [-0.05, 0) is 42.3 Å². The zero-order valence-corrected chi connectivity index (χ0v) is 12.8. The molecule has 1 aromatic carbocycles. The highest BCUT2D eigenvalue weighted by atomic mass is 19.4. The van der Waals surface area contributed by atoms with Crippen LogP contribution in [0.2, 0.25) is 0 Å². The van der Waals surface area contributed by atoms with Crippen LogP contribution in [-0.2, 0) is 19.1 Å². The second-order valence-electron chi connectivity index (χ2n) is 5.56. The second kappa shape index (κ2) is 6.32. The number of H-pyrrole nitrogens is 1. The molecule has 0 atom stereocenters. The fourth-order valence-electron chi connectivity index (χ4n) is 2.64. The van der Waals surface area contributed by atoms with E-state index in [4.69, 9.17) is 0 Å². The fourth-order valence-corrected chi connectivity index (χ4v) is 2.64. The first-order chi connectivity index (χ1) is 11.8. The molecular weight excluding hydrogens is 342 g/mol. The van der Waals surface area contributed by atoms with Gasteiger partial charge in [-0.3, -0.25) is 9.59 Å². The van der Waals surface area contributed by atoms with Gasteiger partial charge in [0.2, 0.25) is 0 Å². The number of halogens is 4. The van der Waals surface area contributed by atoms with Gasteiger partial charge >= 0.3 is 6.18 Å². The third-order valence-corrected chi connectivity index (χ3v) is 3.92. The summed E-state index contributed by atoms with van der Waals surface area (Å²) in [6, 6.07) is 4.36. The molecule has 0 saturated heterocycles. The molecule has 1 aliphatic heterocycles. The van der Waals surface area contributed by atoms with Crippen LogP contribution in [-0.4, -0.2) is 17.4 Å². The van der Waals surface area contributed by atoms with E-state index in [1.165, 1.54) is 6.07 Å². The highest BCUT2D eigenvalue weighted by Gasteiger charge is 2.32. The number of alkyl halides is 3. The van der Waals surface area contributed by atoms with Crippen molar-refractivity contribution in [2.24, 2.45) is 0 Å². The number of carbonyl (C=O) groups is 1. The predicted octanol–water partition coefficient (Wildman–Crippen LogP) is 2.43. The van der Waals surface area contributed by atoms with E-state index < -0.39 is 34.7 Å². The van der Waals surface area contributed by atoms with E-state index in [1.807, 2.05) is 0 Å². The number of aromatic nitrogens is 1. The molecule has 0 aliphatic carbocycles. The summed E-state index contributed by atoms with van der Waals surface area (Å²) in [7, 11) is 0. The predicted molar refractivity (Wildman–Crippen MR) is 81.8 cm³/mol. The molecule has 2 heterocycles. The number of aromatic amines is 1. The summed E-state index contributed by atoms with van der Waals surface area (Å²) in [4.78, 5) is 25.4. The quantitative estimate of drug-likeness (QED) is 0.725. The number of amides is 1. The molecule has 0 fully saturated rings. The number of hydrogen-bond acceptors (Lipinski definition) is 3. The average Bonchev–Trinajstić information content (AvgIpc) is 2.56. The number of nitrogens with one attached hydrogen (secondary N) is 3. The maximum atomic E-state index is 14.5. The number of benzene rings is 1. The van der Waals surface area contributed by atoms with Crippen molar-refractivity contribution in [2.75, 3.05) is 11.9 Å². The van der Waals surface area contributed by atoms with Gasteiger partial charge < -0.3 is 15.6 Å². The van der Waals surface area contributed by atoms with Crippen LogP contribution in [0, 0.1) is 5.82 Å². The molecule has 9 heteroatoms. The Hall–Kier alpha value is -2.68. The van der Waals surface area contributed by atoms with E-state index >= 15 is 0 Å². The van der Waals surface area contributed by atoms with Gasteiger partial charge in [0.25, 0.3) is 11.5 Å². The van der Waals surface area contributed by atoms with Crippen molar-refractivity contribution in [1.82, 2.24) is 10.3 Å². The van der Waals surface area contributed by atoms with Crippen LogP contribution >= 0.6 is 0 Å². The van der Waals surface area contributed by atoms with Crippen molar-refractivity contribution >= 4 is 11.6 Å². The van der Waals surface area contributed by atoms with Crippen LogP contribution in [0.15, 0.2) is 29.1 Å². The Kier molecular flexibility index (Phi) is 4.34. The van der Waals surface area contributed by atoms with Crippen molar-refractivity contribution in [2.45, 2.75) is 19.1 Å². The molecule has 0 spiro atoms. The Morgan fingerprint density at radius 1 is 1.16 bits per heavy atom. The zero-order valence-electron chi connectivity index (χ0n) is 12.8. The summed E-state index contributed by atoms with van der Waals surface area (Å²) >= 11 is 0. The summed E-state index contributed by atoms with van der Waals surface area (Å²) in [5.41, 5.74) is -1.87. The maximum absolute atomic E-state index is 14.5. The molecule has 0 radical (unpaired) electrons. The van der Waals surface area contributed by atoms with Crippen molar-refractivity contribution in [3.8, 4) is 0 Å². The minimum absolute atomic E-state index is 0.120. The molecule has 132 valence electrons. The van der Waals surface area contributed by atoms with Gasteiger partial charge in [-0.25, -0.2) is 4.39 Å². The molecule has 25 heavy (non-hydrogen) atoms. The molecule has 0 unspecified atom stereocenters. The second-order valence-corrected chi connectivity index (χ2v) is 5.56. The molecule has 1 aliphatic rings. The van der Waals surface area contributed by atoms with Gasteiger partial charge in [-0.2, -0.15) is 13.2 Å². The Morgan fingerprint density at radius 2 is 1.92 bits per heavy atom. The fraction of sp³-hybridized carbons (Fsp3) is 0.250. The minimum atomic E-state index is -4.73. The molecule has 3 rings (SSSR count). The first-order valence-corrected chi connectivity index (χ1v) is 7.40. The van der Waals surface area contributed by atoms with Crippen LogP contribution < -0.4 is 16.2 Å². The van der Waals surface area contributed by atoms with E-state index in [-0.39, 0.29) is 5.69 Å². The van der Waals surface area contributed by atoms with Crippen molar-refractivity contribution in [1.29, 1.82) is 0 Å². The average molecular weight is 355 g/mol. The normalized spacial score (nSPS) is 14.1. The first kappa shape index (κ1) is 17.2. The number of carbonyl (C=O) groups excluding carboxylic acids is 1. The van der Waals surface area contributed by atoms with Gasteiger partial charge in [0.05, 0.1) is 5.69 Å². The van der Waals surface area contributed by atoms with Gasteiger partial charge in [0, 0.05) is 6.54 Å². The van der Waals surface area contributed by atoms with Crippen LogP contribution in [0.3, 0.4) is 0 Å². The lowest BCUT2D eigenvalue weighted by atomic mass is 9.99. The summed E-state index contributed by atoms with van der Waals surface area (Å²) in [5, 5.41) is 5.33. The third kappa shape index (κ3) is 3.41. The Bertz CT molecular complexity index is 890. The van der Waals surface area contributed by atoms with Crippen LogP contribution in [0.4, 0.5) is 23.2 Å². The maximum Gasteiger partial charge on any atom is 0.431 e. The molecular formula is C16H13F4N3O2. The summed E-state index contributed by atoms with van der Waals surface area (Å²) in [6.07, 6.45) is -4.28. The Morgan fingerprint density at radius 3 is 2.60 bits per heavy atom. The zero-order chi connectivity index (χ0) is 18.2. The summed E-state index contributed by atoms with van der Waals surface area (Å²) in [6.45, 7) is 1.11. The SMILES string of the molecule is O=C(Nc1ccc2c(c1F)CCNC2)c1ccc(C(F)(F)F)[nH]c1=O. The first-order valence-electron chi connectivity index (χ1n) is 7.40. The molecule has 3 N–H and O–H groups in total. The monoisotopic (exact) mass is 355 g/mol. The number of anilines is 1. The standard InChI is InChI=1S/C16H13F4N3O2/c17-13-9-5-6-21-7-8(9)1-3-11(13)22-14(24)10-2-4-12(16(18,19)20)23-15(10)25/h1-4,21H,5-7H2,(H,22,24)(H,23,25). The molecule has 2 aromatic rings. The van der Waals surface area contributed by atoms with E-state index in [1.54, 1.807) is 11.1 Å². The van der Waals surface area contributed by atoms with Crippen molar-refractivity contribution in [3.05, 3.63) is 62.8 Å². The third-order valence-electron chi connectivity index (χ3n) is 3.92. The van der Waals surface area contributed by atoms with Gasteiger partial charge in [-0.1, -0.05) is 6.07 Å². The minimum Gasteiger partial charge on any atom is -0.319 e.